The van der Waals surface area contributed by atoms with Crippen molar-refractivity contribution in [3.05, 3.63) is 5.82 Å². The number of nitrogens with zero attached hydrogens (tertiary/aromatic N) is 4. The summed E-state index contributed by atoms with van der Waals surface area (Å²) in [6, 6.07) is 0.365. The third-order valence-corrected chi connectivity index (χ3v) is 6.47. The summed E-state index contributed by atoms with van der Waals surface area (Å²) in [4.78, 5) is 14.8. The molecule has 7 heteroatoms. The molecule has 1 aromatic heterocycles. The summed E-state index contributed by atoms with van der Waals surface area (Å²) in [7, 11) is 2.04. The van der Waals surface area contributed by atoms with Crippen LogP contribution in [0.1, 0.15) is 57.2 Å². The van der Waals surface area contributed by atoms with Gasteiger partial charge < -0.3 is 9.88 Å². The molecule has 1 saturated carbocycles. The number of piperidine rings is 1. The fraction of sp³-hybridized carbons (Fsp3) is 0.833. The van der Waals surface area contributed by atoms with Crippen molar-refractivity contribution < 1.29 is 4.79 Å². The molecule has 1 aliphatic carbocycles. The monoisotopic (exact) mass is 365 g/mol. The van der Waals surface area contributed by atoms with Crippen molar-refractivity contribution in [2.45, 2.75) is 62.6 Å². The molecule has 1 saturated heterocycles. The van der Waals surface area contributed by atoms with Gasteiger partial charge in [-0.15, -0.1) is 10.2 Å². The second kappa shape index (κ2) is 8.54. The first kappa shape index (κ1) is 18.7. The third kappa shape index (κ3) is 4.56. The van der Waals surface area contributed by atoms with Gasteiger partial charge in [-0.25, -0.2) is 0 Å². The van der Waals surface area contributed by atoms with Gasteiger partial charge in [-0.05, 0) is 44.4 Å². The number of hydrogen-bond donors (Lipinski definition) is 1. The number of thioether (sulfide) groups is 1. The van der Waals surface area contributed by atoms with Crippen LogP contribution in [0.2, 0.25) is 0 Å². The standard InChI is InChI=1S/C18H31N5OS/c1-13-7-4-5-9-15(13)19-16(24)12-23-10-6-8-14(11-23)17-20-21-18(25-3)22(17)2/h13-15H,4-12H2,1-3H3,(H,19,24)/t13-,14-,15+/m1/s1. The maximum absolute atomic E-state index is 12.5. The Kier molecular flexibility index (Phi) is 6.39. The molecular weight excluding hydrogens is 334 g/mol. The van der Waals surface area contributed by atoms with Crippen LogP contribution in [0, 0.1) is 5.92 Å². The Balaban J connectivity index is 1.54. The normalized spacial score (nSPS) is 28.0. The van der Waals surface area contributed by atoms with Gasteiger partial charge in [0.2, 0.25) is 5.91 Å². The molecular formula is C18H31N5OS. The number of carbonyl (C=O) groups excluding carboxylic acids is 1. The molecule has 0 radical (unpaired) electrons. The van der Waals surface area contributed by atoms with Gasteiger partial charge >= 0.3 is 0 Å². The zero-order chi connectivity index (χ0) is 17.8. The number of hydrogen-bond acceptors (Lipinski definition) is 5. The van der Waals surface area contributed by atoms with E-state index in [2.05, 4.69) is 31.9 Å². The lowest BCUT2D eigenvalue weighted by Gasteiger charge is -2.33. The summed E-state index contributed by atoms with van der Waals surface area (Å²) in [6.07, 6.45) is 9.17. The van der Waals surface area contributed by atoms with Crippen molar-refractivity contribution in [2.75, 3.05) is 25.9 Å². The minimum absolute atomic E-state index is 0.183. The summed E-state index contributed by atoms with van der Waals surface area (Å²) in [5.74, 6) is 2.21. The lowest BCUT2D eigenvalue weighted by Crippen LogP contribution is -2.47. The number of aromatic nitrogens is 3. The van der Waals surface area contributed by atoms with Gasteiger partial charge in [0.25, 0.3) is 0 Å². The van der Waals surface area contributed by atoms with Crippen LogP contribution < -0.4 is 5.32 Å². The number of nitrogens with one attached hydrogen (secondary N) is 1. The molecule has 1 N–H and O–H groups in total. The maximum atomic E-state index is 12.5. The lowest BCUT2D eigenvalue weighted by atomic mass is 9.86. The van der Waals surface area contributed by atoms with Gasteiger partial charge in [-0.2, -0.15) is 0 Å². The van der Waals surface area contributed by atoms with Crippen LogP contribution in [-0.4, -0.2) is 57.5 Å². The van der Waals surface area contributed by atoms with E-state index in [1.165, 1.54) is 19.3 Å². The smallest absolute Gasteiger partial charge is 0.234 e. The molecule has 0 unspecified atom stereocenters. The second-order valence-electron chi connectivity index (χ2n) is 7.61. The number of amides is 1. The van der Waals surface area contributed by atoms with Crippen molar-refractivity contribution in [1.82, 2.24) is 25.0 Å². The van der Waals surface area contributed by atoms with Crippen molar-refractivity contribution in [1.29, 1.82) is 0 Å². The predicted octanol–water partition coefficient (Wildman–Crippen LogP) is 2.41. The van der Waals surface area contributed by atoms with Crippen molar-refractivity contribution in [3.8, 4) is 0 Å². The highest BCUT2D eigenvalue weighted by molar-refractivity contribution is 7.98. The molecule has 6 nitrogen and oxygen atoms in total. The van der Waals surface area contributed by atoms with E-state index in [0.29, 0.717) is 24.4 Å². The molecule has 140 valence electrons. The molecule has 1 aromatic rings. The molecule has 25 heavy (non-hydrogen) atoms. The Bertz CT molecular complexity index is 590. The Morgan fingerprint density at radius 2 is 2.04 bits per heavy atom. The van der Waals surface area contributed by atoms with Crippen molar-refractivity contribution in [2.24, 2.45) is 13.0 Å². The minimum atomic E-state index is 0.183. The third-order valence-electron chi connectivity index (χ3n) is 5.75. The second-order valence-corrected chi connectivity index (χ2v) is 8.39. The highest BCUT2D eigenvalue weighted by Crippen LogP contribution is 2.27. The minimum Gasteiger partial charge on any atom is -0.352 e. The summed E-state index contributed by atoms with van der Waals surface area (Å²) in [5.41, 5.74) is 0. The molecule has 2 fully saturated rings. The Hall–Kier alpha value is -1.08. The average molecular weight is 366 g/mol. The molecule has 0 spiro atoms. The first-order chi connectivity index (χ1) is 12.1. The fourth-order valence-electron chi connectivity index (χ4n) is 4.26. The van der Waals surface area contributed by atoms with E-state index in [0.717, 1.165) is 43.3 Å². The van der Waals surface area contributed by atoms with Gasteiger partial charge in [0, 0.05) is 25.6 Å². The number of rotatable bonds is 5. The molecule has 3 rings (SSSR count). The van der Waals surface area contributed by atoms with Crippen LogP contribution >= 0.6 is 11.8 Å². The van der Waals surface area contributed by atoms with E-state index in [1.807, 2.05) is 13.3 Å². The van der Waals surface area contributed by atoms with Crippen LogP contribution in [-0.2, 0) is 11.8 Å². The fourth-order valence-corrected chi connectivity index (χ4v) is 4.75. The zero-order valence-electron chi connectivity index (χ0n) is 15.7. The lowest BCUT2D eigenvalue weighted by molar-refractivity contribution is -0.123. The van der Waals surface area contributed by atoms with Crippen LogP contribution in [0.5, 0.6) is 0 Å². The Labute approximate surface area is 155 Å². The summed E-state index contributed by atoms with van der Waals surface area (Å²) in [6.45, 7) is 4.66. The van der Waals surface area contributed by atoms with E-state index < -0.39 is 0 Å². The summed E-state index contributed by atoms with van der Waals surface area (Å²) >= 11 is 1.62. The SMILES string of the molecule is CSc1nnc([C@@H]2CCCN(CC(=O)N[C@H]3CCCC[C@H]3C)C2)n1C. The molecule has 3 atom stereocenters. The van der Waals surface area contributed by atoms with Gasteiger partial charge in [-0.1, -0.05) is 31.5 Å². The molecule has 2 heterocycles. The first-order valence-electron chi connectivity index (χ1n) is 9.53. The quantitative estimate of drug-likeness (QED) is 0.812. The zero-order valence-corrected chi connectivity index (χ0v) is 16.5. The van der Waals surface area contributed by atoms with E-state index in [9.17, 15) is 4.79 Å². The van der Waals surface area contributed by atoms with Gasteiger partial charge in [0.05, 0.1) is 6.54 Å². The van der Waals surface area contributed by atoms with E-state index in [4.69, 9.17) is 0 Å². The highest BCUT2D eigenvalue weighted by Gasteiger charge is 2.28. The molecule has 1 amide bonds. The molecule has 1 aliphatic heterocycles. The van der Waals surface area contributed by atoms with E-state index in [1.54, 1.807) is 11.8 Å². The van der Waals surface area contributed by atoms with E-state index >= 15 is 0 Å². The van der Waals surface area contributed by atoms with Crippen molar-refractivity contribution in [3.63, 3.8) is 0 Å². The van der Waals surface area contributed by atoms with Gasteiger partial charge in [0.1, 0.15) is 5.82 Å². The summed E-state index contributed by atoms with van der Waals surface area (Å²) < 4.78 is 2.10. The number of likely N-dealkylation sites (tertiary alicyclic amines) is 1. The van der Waals surface area contributed by atoms with Crippen LogP contribution in [0.4, 0.5) is 0 Å². The topological polar surface area (TPSA) is 63.1 Å². The van der Waals surface area contributed by atoms with Crippen LogP contribution in [0.15, 0.2) is 5.16 Å². The average Bonchev–Trinajstić information content (AvgIpc) is 2.98. The molecule has 2 aliphatic rings. The number of carbonyl (C=O) groups is 1. The van der Waals surface area contributed by atoms with Crippen LogP contribution in [0.25, 0.3) is 0 Å². The van der Waals surface area contributed by atoms with Crippen molar-refractivity contribution >= 4 is 17.7 Å². The molecule has 0 aromatic carbocycles. The van der Waals surface area contributed by atoms with Crippen LogP contribution in [0.3, 0.4) is 0 Å². The maximum Gasteiger partial charge on any atom is 0.234 e. The summed E-state index contributed by atoms with van der Waals surface area (Å²) in [5, 5.41) is 12.9. The van der Waals surface area contributed by atoms with Gasteiger partial charge in [-0.3, -0.25) is 9.69 Å². The Morgan fingerprint density at radius 3 is 2.76 bits per heavy atom. The van der Waals surface area contributed by atoms with E-state index in [-0.39, 0.29) is 5.91 Å². The Morgan fingerprint density at radius 1 is 1.24 bits per heavy atom. The largest absolute Gasteiger partial charge is 0.352 e. The molecule has 0 bridgehead atoms. The van der Waals surface area contributed by atoms with Gasteiger partial charge in [0.15, 0.2) is 5.16 Å². The first-order valence-corrected chi connectivity index (χ1v) is 10.8. The highest BCUT2D eigenvalue weighted by atomic mass is 32.2. The predicted molar refractivity (Wildman–Crippen MR) is 101 cm³/mol.